The summed E-state index contributed by atoms with van der Waals surface area (Å²) < 4.78 is 13.5. The Morgan fingerprint density at radius 3 is 2.03 bits per heavy atom. The summed E-state index contributed by atoms with van der Waals surface area (Å²) >= 11 is 0. The Labute approximate surface area is 183 Å². The fourth-order valence-electron chi connectivity index (χ4n) is 3.19. The topological polar surface area (TPSA) is 49.3 Å². The maximum atomic E-state index is 13.5. The first-order valence-electron chi connectivity index (χ1n) is 10.5. The van der Waals surface area contributed by atoms with Gasteiger partial charge >= 0.3 is 5.97 Å². The maximum absolute atomic E-state index is 13.5. The number of aromatic carboxylic acids is 1. The van der Waals surface area contributed by atoms with Gasteiger partial charge in [0.2, 0.25) is 0 Å². The molecular weight excluding hydrogens is 389 g/mol. The molecule has 0 bridgehead atoms. The lowest BCUT2D eigenvalue weighted by Crippen LogP contribution is -2.07. The highest BCUT2D eigenvalue weighted by Crippen LogP contribution is 2.15. The van der Waals surface area contributed by atoms with E-state index in [0.29, 0.717) is 12.2 Å². The van der Waals surface area contributed by atoms with Gasteiger partial charge in [-0.15, -0.1) is 0 Å². The van der Waals surface area contributed by atoms with Crippen molar-refractivity contribution in [1.29, 1.82) is 0 Å². The highest BCUT2D eigenvalue weighted by atomic mass is 19.1. The lowest BCUT2D eigenvalue weighted by Gasteiger charge is -2.08. The molecule has 0 radical (unpaired) electrons. The fourth-order valence-corrected chi connectivity index (χ4v) is 3.19. The average Bonchev–Trinajstić information content (AvgIpc) is 2.79. The number of hydrogen-bond donors (Lipinski definition) is 2. The van der Waals surface area contributed by atoms with Crippen molar-refractivity contribution in [2.45, 2.75) is 32.6 Å². The third kappa shape index (κ3) is 6.72. The third-order valence-electron chi connectivity index (χ3n) is 5.02. The number of benzene rings is 3. The third-order valence-corrected chi connectivity index (χ3v) is 5.02. The SMILES string of the molecule is CCCCc1ccc(C#Cc2ccc(CCNc3ccc(F)c(C(=O)O)c3)cc2)cc1. The molecule has 3 rings (SSSR count). The summed E-state index contributed by atoms with van der Waals surface area (Å²) in [6, 6.07) is 20.5. The van der Waals surface area contributed by atoms with Gasteiger partial charge in [0.25, 0.3) is 0 Å². The summed E-state index contributed by atoms with van der Waals surface area (Å²) in [4.78, 5) is 11.0. The van der Waals surface area contributed by atoms with Crippen LogP contribution in [0.2, 0.25) is 0 Å². The number of halogens is 1. The molecule has 0 atom stereocenters. The zero-order valence-electron chi connectivity index (χ0n) is 17.6. The molecule has 31 heavy (non-hydrogen) atoms. The van der Waals surface area contributed by atoms with Crippen molar-refractivity contribution >= 4 is 11.7 Å². The molecule has 158 valence electrons. The number of aryl methyl sites for hydroxylation is 1. The first-order valence-corrected chi connectivity index (χ1v) is 10.5. The van der Waals surface area contributed by atoms with Crippen molar-refractivity contribution in [2.24, 2.45) is 0 Å². The smallest absolute Gasteiger partial charge is 0.338 e. The van der Waals surface area contributed by atoms with Crippen LogP contribution in [0.5, 0.6) is 0 Å². The number of hydrogen-bond acceptors (Lipinski definition) is 2. The van der Waals surface area contributed by atoms with E-state index >= 15 is 0 Å². The summed E-state index contributed by atoms with van der Waals surface area (Å²) in [5.74, 6) is 4.40. The van der Waals surface area contributed by atoms with Gasteiger partial charge in [-0.1, -0.05) is 49.5 Å². The molecular formula is C27H26FNO2. The van der Waals surface area contributed by atoms with Crippen molar-refractivity contribution in [3.05, 3.63) is 100 Å². The Morgan fingerprint density at radius 2 is 1.48 bits per heavy atom. The average molecular weight is 416 g/mol. The molecule has 3 nitrogen and oxygen atoms in total. The number of anilines is 1. The fraction of sp³-hybridized carbons (Fsp3) is 0.222. The van der Waals surface area contributed by atoms with E-state index < -0.39 is 11.8 Å². The molecule has 4 heteroatoms. The van der Waals surface area contributed by atoms with Crippen molar-refractivity contribution in [3.63, 3.8) is 0 Å². The monoisotopic (exact) mass is 415 g/mol. The van der Waals surface area contributed by atoms with Gasteiger partial charge in [-0.05, 0) is 72.9 Å². The van der Waals surface area contributed by atoms with Crippen LogP contribution in [0.1, 0.15) is 52.4 Å². The number of unbranched alkanes of at least 4 members (excludes halogenated alkanes) is 1. The number of carboxylic acid groups (broad SMARTS) is 1. The second-order valence-corrected chi connectivity index (χ2v) is 7.42. The van der Waals surface area contributed by atoms with Crippen LogP contribution in [0.4, 0.5) is 10.1 Å². The zero-order chi connectivity index (χ0) is 22.1. The van der Waals surface area contributed by atoms with E-state index in [1.807, 2.05) is 24.3 Å². The molecule has 0 saturated heterocycles. The molecule has 0 unspecified atom stereocenters. The van der Waals surface area contributed by atoms with Crippen LogP contribution in [0, 0.1) is 17.7 Å². The Morgan fingerprint density at radius 1 is 0.903 bits per heavy atom. The minimum Gasteiger partial charge on any atom is -0.478 e. The minimum absolute atomic E-state index is 0.330. The Kier molecular flexibility index (Phi) is 7.84. The Hall–Kier alpha value is -3.58. The van der Waals surface area contributed by atoms with Gasteiger partial charge in [0.05, 0.1) is 5.56 Å². The summed E-state index contributed by atoms with van der Waals surface area (Å²) in [6.07, 6.45) is 4.28. The molecule has 3 aromatic rings. The molecule has 0 fully saturated rings. The molecule has 0 aliphatic carbocycles. The molecule has 0 saturated carbocycles. The van der Waals surface area contributed by atoms with Crippen molar-refractivity contribution in [1.82, 2.24) is 0 Å². The number of rotatable bonds is 8. The van der Waals surface area contributed by atoms with Crippen LogP contribution in [0.15, 0.2) is 66.7 Å². The predicted molar refractivity (Wildman–Crippen MR) is 123 cm³/mol. The van der Waals surface area contributed by atoms with Crippen LogP contribution in [-0.4, -0.2) is 17.6 Å². The quantitative estimate of drug-likeness (QED) is 0.449. The maximum Gasteiger partial charge on any atom is 0.338 e. The van der Waals surface area contributed by atoms with Crippen LogP contribution in [0.3, 0.4) is 0 Å². The number of carboxylic acids is 1. The summed E-state index contributed by atoms with van der Waals surface area (Å²) in [5, 5.41) is 12.1. The van der Waals surface area contributed by atoms with E-state index in [2.05, 4.69) is 48.3 Å². The van der Waals surface area contributed by atoms with E-state index in [1.165, 1.54) is 30.5 Å². The van der Waals surface area contributed by atoms with Gasteiger partial charge in [-0.2, -0.15) is 0 Å². The molecule has 0 heterocycles. The Balaban J connectivity index is 1.52. The standard InChI is InChI=1S/C27H26FNO2/c1-2-3-4-20-5-7-21(8-6-20)9-10-22-11-13-23(14-12-22)17-18-29-24-15-16-26(28)25(19-24)27(30)31/h5-8,11-16,19,29H,2-4,17-18H2,1H3,(H,30,31). The number of carbonyl (C=O) groups is 1. The largest absolute Gasteiger partial charge is 0.478 e. The molecule has 0 aliphatic heterocycles. The molecule has 0 spiro atoms. The molecule has 2 N–H and O–H groups in total. The van der Waals surface area contributed by atoms with Crippen LogP contribution < -0.4 is 5.32 Å². The lowest BCUT2D eigenvalue weighted by molar-refractivity contribution is 0.0692. The molecule has 0 aliphatic rings. The lowest BCUT2D eigenvalue weighted by atomic mass is 10.1. The van der Waals surface area contributed by atoms with Crippen LogP contribution in [-0.2, 0) is 12.8 Å². The second kappa shape index (κ2) is 11.0. The normalized spacial score (nSPS) is 10.3. The summed E-state index contributed by atoms with van der Waals surface area (Å²) in [6.45, 7) is 2.81. The van der Waals surface area contributed by atoms with Crippen molar-refractivity contribution < 1.29 is 14.3 Å². The predicted octanol–water partition coefficient (Wildman–Crippen LogP) is 5.92. The van der Waals surface area contributed by atoms with Crippen molar-refractivity contribution in [2.75, 3.05) is 11.9 Å². The van der Waals surface area contributed by atoms with Crippen molar-refractivity contribution in [3.8, 4) is 11.8 Å². The zero-order valence-corrected chi connectivity index (χ0v) is 17.6. The van der Waals surface area contributed by atoms with E-state index in [1.54, 1.807) is 0 Å². The number of nitrogens with one attached hydrogen (secondary N) is 1. The van der Waals surface area contributed by atoms with E-state index in [9.17, 15) is 9.18 Å². The van der Waals surface area contributed by atoms with Gasteiger partial charge < -0.3 is 10.4 Å². The molecule has 0 amide bonds. The first kappa shape index (κ1) is 22.1. The Bertz CT molecular complexity index is 1080. The van der Waals surface area contributed by atoms with E-state index in [4.69, 9.17) is 5.11 Å². The first-order chi connectivity index (χ1) is 15.0. The molecule has 3 aromatic carbocycles. The van der Waals surface area contributed by atoms with Gasteiger partial charge in [-0.3, -0.25) is 0 Å². The summed E-state index contributed by atoms with van der Waals surface area (Å²) in [7, 11) is 0. The minimum atomic E-state index is -1.27. The van der Waals surface area contributed by atoms with Gasteiger partial charge in [0.1, 0.15) is 5.82 Å². The molecule has 0 aromatic heterocycles. The van der Waals surface area contributed by atoms with Gasteiger partial charge in [-0.25, -0.2) is 9.18 Å². The van der Waals surface area contributed by atoms with Gasteiger partial charge in [0, 0.05) is 23.4 Å². The van der Waals surface area contributed by atoms with Crippen LogP contribution >= 0.6 is 0 Å². The highest BCUT2D eigenvalue weighted by Gasteiger charge is 2.10. The highest BCUT2D eigenvalue weighted by molar-refractivity contribution is 5.89. The second-order valence-electron chi connectivity index (χ2n) is 7.42. The van der Waals surface area contributed by atoms with E-state index in [0.717, 1.165) is 35.6 Å². The van der Waals surface area contributed by atoms with Gasteiger partial charge in [0.15, 0.2) is 0 Å². The van der Waals surface area contributed by atoms with E-state index in [-0.39, 0.29) is 5.56 Å². The summed E-state index contributed by atoms with van der Waals surface area (Å²) in [5.41, 5.74) is 4.71. The van der Waals surface area contributed by atoms with Crippen LogP contribution in [0.25, 0.3) is 0 Å².